The first-order chi connectivity index (χ1) is 8.69. The summed E-state index contributed by atoms with van der Waals surface area (Å²) in [4.78, 5) is 11.5. The maximum Gasteiger partial charge on any atom is 0.337 e. The predicted octanol–water partition coefficient (Wildman–Crippen LogP) is 2.95. The Labute approximate surface area is 103 Å². The second-order valence-electron chi connectivity index (χ2n) is 4.06. The summed E-state index contributed by atoms with van der Waals surface area (Å²) in [6, 6.07) is 10.6. The molecule has 0 saturated carbocycles. The molecule has 0 bridgehead atoms. The van der Waals surface area contributed by atoms with Crippen LogP contribution in [0.4, 0.5) is 5.69 Å². The van der Waals surface area contributed by atoms with Gasteiger partial charge in [-0.25, -0.2) is 4.79 Å². The minimum atomic E-state index is -0.366. The third-order valence-electron chi connectivity index (χ3n) is 2.91. The first-order valence-electron chi connectivity index (χ1n) is 5.49. The average Bonchev–Trinajstić information content (AvgIpc) is 2.75. The van der Waals surface area contributed by atoms with Crippen LogP contribution in [0.15, 0.2) is 40.8 Å². The van der Waals surface area contributed by atoms with Gasteiger partial charge in [0.25, 0.3) is 0 Å². The van der Waals surface area contributed by atoms with Gasteiger partial charge in [0, 0.05) is 16.5 Å². The number of esters is 1. The summed E-state index contributed by atoms with van der Waals surface area (Å²) in [6.07, 6.45) is 0. The summed E-state index contributed by atoms with van der Waals surface area (Å²) in [6.45, 7) is 0. The van der Waals surface area contributed by atoms with Gasteiger partial charge in [0.05, 0.1) is 12.7 Å². The van der Waals surface area contributed by atoms with Crippen LogP contribution in [-0.4, -0.2) is 13.1 Å². The van der Waals surface area contributed by atoms with E-state index in [0.717, 1.165) is 21.9 Å². The minimum Gasteiger partial charge on any atom is -0.465 e. The van der Waals surface area contributed by atoms with Crippen molar-refractivity contribution in [3.05, 3.63) is 42.0 Å². The number of nitrogen functional groups attached to an aromatic ring is 1. The van der Waals surface area contributed by atoms with Crippen LogP contribution in [0.3, 0.4) is 0 Å². The van der Waals surface area contributed by atoms with Crippen LogP contribution < -0.4 is 5.73 Å². The standard InChI is InChI=1S/C14H11NO3/c1-17-14(16)8-2-4-12-10(6-8)11-7-9(15)3-5-13(11)18-12/h2-7H,15H2,1H3. The topological polar surface area (TPSA) is 65.5 Å². The Bertz CT molecular complexity index is 758. The van der Waals surface area contributed by atoms with Gasteiger partial charge in [-0.15, -0.1) is 0 Å². The third-order valence-corrected chi connectivity index (χ3v) is 2.91. The monoisotopic (exact) mass is 241 g/mol. The summed E-state index contributed by atoms with van der Waals surface area (Å²) >= 11 is 0. The van der Waals surface area contributed by atoms with Gasteiger partial charge in [0.15, 0.2) is 0 Å². The Morgan fingerprint density at radius 1 is 1.11 bits per heavy atom. The van der Waals surface area contributed by atoms with Crippen molar-refractivity contribution >= 4 is 33.6 Å². The summed E-state index contributed by atoms with van der Waals surface area (Å²) < 4.78 is 10.4. The lowest BCUT2D eigenvalue weighted by Gasteiger charge is -1.98. The number of fused-ring (bicyclic) bond motifs is 3. The molecule has 4 heteroatoms. The van der Waals surface area contributed by atoms with E-state index in [1.165, 1.54) is 7.11 Å². The number of nitrogens with two attached hydrogens (primary N) is 1. The SMILES string of the molecule is COC(=O)c1ccc2oc3ccc(N)cc3c2c1. The molecule has 1 aromatic heterocycles. The van der Waals surface area contributed by atoms with Gasteiger partial charge in [-0.2, -0.15) is 0 Å². The summed E-state index contributed by atoms with van der Waals surface area (Å²) in [5.74, 6) is -0.366. The van der Waals surface area contributed by atoms with Gasteiger partial charge < -0.3 is 14.9 Å². The molecule has 3 rings (SSSR count). The molecular formula is C14H11NO3. The molecule has 2 aromatic carbocycles. The van der Waals surface area contributed by atoms with E-state index in [1.54, 1.807) is 24.3 Å². The molecule has 0 aliphatic heterocycles. The third kappa shape index (κ3) is 1.50. The number of furan rings is 1. The van der Waals surface area contributed by atoms with Gasteiger partial charge in [0.1, 0.15) is 11.2 Å². The molecule has 4 nitrogen and oxygen atoms in total. The van der Waals surface area contributed by atoms with Gasteiger partial charge in [-0.05, 0) is 36.4 Å². The van der Waals surface area contributed by atoms with Crippen LogP contribution in [0.1, 0.15) is 10.4 Å². The smallest absolute Gasteiger partial charge is 0.337 e. The molecule has 0 spiro atoms. The first kappa shape index (κ1) is 10.7. The van der Waals surface area contributed by atoms with Crippen molar-refractivity contribution in [1.29, 1.82) is 0 Å². The molecule has 0 saturated heterocycles. The molecular weight excluding hydrogens is 230 g/mol. The first-order valence-corrected chi connectivity index (χ1v) is 5.49. The average molecular weight is 241 g/mol. The Hall–Kier alpha value is -2.49. The van der Waals surface area contributed by atoms with Crippen LogP contribution in [0.25, 0.3) is 21.9 Å². The fraction of sp³-hybridized carbons (Fsp3) is 0.0714. The molecule has 0 atom stereocenters. The van der Waals surface area contributed by atoms with Gasteiger partial charge in [-0.3, -0.25) is 0 Å². The van der Waals surface area contributed by atoms with Crippen molar-refractivity contribution in [2.75, 3.05) is 12.8 Å². The quantitative estimate of drug-likeness (QED) is 0.525. The van der Waals surface area contributed by atoms with E-state index in [9.17, 15) is 4.79 Å². The Balaban J connectivity index is 2.34. The molecule has 0 unspecified atom stereocenters. The molecule has 0 aliphatic rings. The second kappa shape index (κ2) is 3.77. The fourth-order valence-electron chi connectivity index (χ4n) is 2.04. The highest BCUT2D eigenvalue weighted by atomic mass is 16.5. The van der Waals surface area contributed by atoms with Crippen LogP contribution >= 0.6 is 0 Å². The number of hydrogen-bond acceptors (Lipinski definition) is 4. The van der Waals surface area contributed by atoms with E-state index in [-0.39, 0.29) is 5.97 Å². The molecule has 0 amide bonds. The van der Waals surface area contributed by atoms with Crippen molar-refractivity contribution in [2.45, 2.75) is 0 Å². The lowest BCUT2D eigenvalue weighted by molar-refractivity contribution is 0.0601. The zero-order chi connectivity index (χ0) is 12.7. The van der Waals surface area contributed by atoms with Gasteiger partial charge in [0.2, 0.25) is 0 Å². The van der Waals surface area contributed by atoms with Crippen LogP contribution in [-0.2, 0) is 4.74 Å². The van der Waals surface area contributed by atoms with Gasteiger partial charge in [-0.1, -0.05) is 0 Å². The summed E-state index contributed by atoms with van der Waals surface area (Å²) in [5, 5.41) is 1.76. The lowest BCUT2D eigenvalue weighted by Crippen LogP contribution is -2.00. The summed E-state index contributed by atoms with van der Waals surface area (Å²) in [7, 11) is 1.36. The zero-order valence-electron chi connectivity index (χ0n) is 9.77. The number of benzene rings is 2. The maximum absolute atomic E-state index is 11.5. The van der Waals surface area contributed by atoms with E-state index in [4.69, 9.17) is 14.9 Å². The lowest BCUT2D eigenvalue weighted by atomic mass is 10.1. The van der Waals surface area contributed by atoms with Crippen LogP contribution in [0, 0.1) is 0 Å². The van der Waals surface area contributed by atoms with Crippen molar-refractivity contribution in [3.8, 4) is 0 Å². The van der Waals surface area contributed by atoms with Crippen molar-refractivity contribution in [2.24, 2.45) is 0 Å². The predicted molar refractivity (Wildman–Crippen MR) is 69.5 cm³/mol. The Kier molecular flexibility index (Phi) is 2.23. The van der Waals surface area contributed by atoms with Crippen molar-refractivity contribution in [1.82, 2.24) is 0 Å². The molecule has 0 radical (unpaired) electrons. The highest BCUT2D eigenvalue weighted by Crippen LogP contribution is 2.30. The van der Waals surface area contributed by atoms with E-state index < -0.39 is 0 Å². The number of hydrogen-bond donors (Lipinski definition) is 1. The van der Waals surface area contributed by atoms with Crippen LogP contribution in [0.2, 0.25) is 0 Å². The maximum atomic E-state index is 11.5. The number of anilines is 1. The van der Waals surface area contributed by atoms with E-state index in [0.29, 0.717) is 11.3 Å². The van der Waals surface area contributed by atoms with Crippen LogP contribution in [0.5, 0.6) is 0 Å². The molecule has 0 fully saturated rings. The molecule has 3 aromatic rings. The molecule has 0 aliphatic carbocycles. The molecule has 2 N–H and O–H groups in total. The van der Waals surface area contributed by atoms with E-state index in [1.807, 2.05) is 12.1 Å². The second-order valence-corrected chi connectivity index (χ2v) is 4.06. The largest absolute Gasteiger partial charge is 0.465 e. The molecule has 18 heavy (non-hydrogen) atoms. The number of carbonyl (C=O) groups is 1. The summed E-state index contributed by atoms with van der Waals surface area (Å²) in [5.41, 5.74) is 8.40. The minimum absolute atomic E-state index is 0.366. The zero-order valence-corrected chi connectivity index (χ0v) is 9.77. The number of methoxy groups -OCH3 is 1. The van der Waals surface area contributed by atoms with E-state index >= 15 is 0 Å². The normalized spacial score (nSPS) is 10.9. The highest BCUT2D eigenvalue weighted by molar-refractivity contribution is 6.08. The molecule has 1 heterocycles. The fourth-order valence-corrected chi connectivity index (χ4v) is 2.04. The van der Waals surface area contributed by atoms with Crippen molar-refractivity contribution < 1.29 is 13.9 Å². The Morgan fingerprint density at radius 2 is 1.78 bits per heavy atom. The van der Waals surface area contributed by atoms with Gasteiger partial charge >= 0.3 is 5.97 Å². The number of ether oxygens (including phenoxy) is 1. The number of carbonyl (C=O) groups excluding carboxylic acids is 1. The van der Waals surface area contributed by atoms with Crippen molar-refractivity contribution in [3.63, 3.8) is 0 Å². The number of rotatable bonds is 1. The Morgan fingerprint density at radius 3 is 2.50 bits per heavy atom. The molecule has 90 valence electrons. The van der Waals surface area contributed by atoms with E-state index in [2.05, 4.69) is 0 Å². The highest BCUT2D eigenvalue weighted by Gasteiger charge is 2.11.